The van der Waals surface area contributed by atoms with E-state index in [0.29, 0.717) is 18.1 Å². The average Bonchev–Trinajstić information content (AvgIpc) is 3.17. The lowest BCUT2D eigenvalue weighted by molar-refractivity contribution is -0.129. The summed E-state index contributed by atoms with van der Waals surface area (Å²) < 4.78 is 1.87. The van der Waals surface area contributed by atoms with Crippen molar-refractivity contribution >= 4 is 51.5 Å². The van der Waals surface area contributed by atoms with Crippen molar-refractivity contribution in [2.45, 2.75) is 26.2 Å². The molecule has 0 aliphatic heterocycles. The second kappa shape index (κ2) is 10.8. The number of benzene rings is 2. The van der Waals surface area contributed by atoms with Gasteiger partial charge in [-0.25, -0.2) is 10.5 Å². The van der Waals surface area contributed by atoms with Crippen molar-refractivity contribution in [3.05, 3.63) is 60.4 Å². The zero-order valence-electron chi connectivity index (χ0n) is 20.3. The number of aryl methyl sites for hydroxylation is 2. The molecule has 0 aliphatic carbocycles. The van der Waals surface area contributed by atoms with Crippen molar-refractivity contribution in [2.24, 2.45) is 7.05 Å². The number of carbonyl (C=O) groups is 2. The van der Waals surface area contributed by atoms with E-state index in [-0.39, 0.29) is 18.7 Å². The molecule has 11 nitrogen and oxygen atoms in total. The third-order valence-electron chi connectivity index (χ3n) is 5.84. The van der Waals surface area contributed by atoms with Crippen LogP contribution in [0.15, 0.2) is 54.7 Å². The van der Waals surface area contributed by atoms with Gasteiger partial charge < -0.3 is 15.5 Å². The molecule has 36 heavy (non-hydrogen) atoms. The van der Waals surface area contributed by atoms with Crippen LogP contribution in [-0.4, -0.2) is 43.8 Å². The van der Waals surface area contributed by atoms with Gasteiger partial charge in [0.05, 0.1) is 5.52 Å². The Hall–Kier alpha value is -4.51. The van der Waals surface area contributed by atoms with E-state index in [0.717, 1.165) is 33.8 Å². The van der Waals surface area contributed by atoms with E-state index in [1.807, 2.05) is 60.9 Å². The molecule has 0 fully saturated rings. The van der Waals surface area contributed by atoms with E-state index in [2.05, 4.69) is 31.8 Å². The lowest BCUT2D eigenvalue weighted by Gasteiger charge is -2.19. The van der Waals surface area contributed by atoms with E-state index < -0.39 is 5.91 Å². The molecule has 0 radical (unpaired) electrons. The number of fused-ring (bicyclic) bond motifs is 1. The van der Waals surface area contributed by atoms with Gasteiger partial charge in [0, 0.05) is 61.3 Å². The third kappa shape index (κ3) is 5.76. The summed E-state index contributed by atoms with van der Waals surface area (Å²) in [6.07, 6.45) is 2.29. The predicted octanol–water partition coefficient (Wildman–Crippen LogP) is 3.80. The molecule has 0 bridgehead atoms. The van der Waals surface area contributed by atoms with Crippen molar-refractivity contribution in [1.29, 1.82) is 0 Å². The molecule has 0 saturated heterocycles. The summed E-state index contributed by atoms with van der Waals surface area (Å²) in [6.45, 7) is 2.05. The highest BCUT2D eigenvalue weighted by Crippen LogP contribution is 2.27. The number of anilines is 5. The first-order valence-electron chi connectivity index (χ1n) is 11.4. The van der Waals surface area contributed by atoms with Crippen LogP contribution in [-0.2, 0) is 16.6 Å². The highest BCUT2D eigenvalue weighted by atomic mass is 16.5. The van der Waals surface area contributed by atoms with Crippen LogP contribution < -0.4 is 21.0 Å². The zero-order chi connectivity index (χ0) is 25.7. The molecule has 4 N–H and O–H groups in total. The first-order chi connectivity index (χ1) is 17.3. The Labute approximate surface area is 208 Å². The summed E-state index contributed by atoms with van der Waals surface area (Å²) in [7, 11) is 3.88. The van der Waals surface area contributed by atoms with Gasteiger partial charge in [-0.2, -0.15) is 10.1 Å². The summed E-state index contributed by atoms with van der Waals surface area (Å²) in [5.74, 6) is 0.436. The summed E-state index contributed by atoms with van der Waals surface area (Å²) in [5.41, 5.74) is 5.94. The first kappa shape index (κ1) is 24.6. The average molecular weight is 489 g/mol. The lowest BCUT2D eigenvalue weighted by atomic mass is 10.2. The van der Waals surface area contributed by atoms with Crippen molar-refractivity contribution in [3.63, 3.8) is 0 Å². The van der Waals surface area contributed by atoms with Crippen LogP contribution in [0.3, 0.4) is 0 Å². The Morgan fingerprint density at radius 1 is 1.03 bits per heavy atom. The molecule has 2 heterocycles. The third-order valence-corrected chi connectivity index (χ3v) is 5.84. The van der Waals surface area contributed by atoms with Crippen LogP contribution in [0.4, 0.5) is 28.8 Å². The molecule has 0 saturated carbocycles. The molecular weight excluding hydrogens is 460 g/mol. The molecule has 2 amide bonds. The van der Waals surface area contributed by atoms with Gasteiger partial charge in [0.1, 0.15) is 5.82 Å². The number of hydrogen-bond donors (Lipinski definition) is 4. The summed E-state index contributed by atoms with van der Waals surface area (Å²) >= 11 is 0. The Balaban J connectivity index is 1.38. The van der Waals surface area contributed by atoms with Crippen LogP contribution in [0.1, 0.15) is 25.0 Å². The summed E-state index contributed by atoms with van der Waals surface area (Å²) in [6, 6.07) is 15.1. The molecule has 2 aromatic heterocycles. The fourth-order valence-corrected chi connectivity index (χ4v) is 3.71. The van der Waals surface area contributed by atoms with Crippen LogP contribution >= 0.6 is 0 Å². The maximum Gasteiger partial charge on any atom is 0.243 e. The van der Waals surface area contributed by atoms with Crippen LogP contribution in [0.5, 0.6) is 0 Å². The number of hydroxylamine groups is 1. The normalized spacial score (nSPS) is 10.8. The Morgan fingerprint density at radius 3 is 2.50 bits per heavy atom. The van der Waals surface area contributed by atoms with Crippen molar-refractivity contribution in [1.82, 2.24) is 25.2 Å². The summed E-state index contributed by atoms with van der Waals surface area (Å²) in [5, 5.41) is 20.1. The second-order valence-electron chi connectivity index (χ2n) is 8.35. The fourth-order valence-electron chi connectivity index (χ4n) is 3.71. The number of amides is 2. The molecule has 0 spiro atoms. The Bertz CT molecular complexity index is 1380. The van der Waals surface area contributed by atoms with Crippen molar-refractivity contribution in [2.75, 3.05) is 22.6 Å². The minimum Gasteiger partial charge on any atom is -0.329 e. The molecule has 2 aromatic carbocycles. The van der Waals surface area contributed by atoms with Crippen LogP contribution in [0, 0.1) is 6.92 Å². The van der Waals surface area contributed by atoms with Gasteiger partial charge in [-0.1, -0.05) is 0 Å². The lowest BCUT2D eigenvalue weighted by Crippen LogP contribution is -2.19. The molecule has 0 atom stereocenters. The Morgan fingerprint density at radius 2 is 1.75 bits per heavy atom. The molecule has 0 unspecified atom stereocenters. The van der Waals surface area contributed by atoms with Crippen LogP contribution in [0.2, 0.25) is 0 Å². The van der Waals surface area contributed by atoms with Gasteiger partial charge in [-0.3, -0.25) is 19.5 Å². The molecule has 4 rings (SSSR count). The SMILES string of the molecule is Cc1c2ccc(N(C)c3ccnc(Nc4ccc(NC(=O)CCCC(=O)NO)cc4)n3)cc2nn1C. The predicted molar refractivity (Wildman–Crippen MR) is 138 cm³/mol. The number of carbonyl (C=O) groups excluding carboxylic acids is 2. The van der Waals surface area contributed by atoms with E-state index in [1.54, 1.807) is 23.8 Å². The standard InChI is InChI=1S/C25H28N8O3/c1-16-20-12-11-19(15-21(20)30-33(16)3)32(2)22-13-14-26-25(29-22)28-18-9-7-17(8-10-18)27-23(34)5-4-6-24(35)31-36/h7-15,36H,4-6H2,1-3H3,(H,27,34)(H,31,35)(H,26,28,29). The number of nitrogens with zero attached hydrogens (tertiary/aromatic N) is 5. The summed E-state index contributed by atoms with van der Waals surface area (Å²) in [4.78, 5) is 33.9. The number of hydrogen-bond acceptors (Lipinski definition) is 8. The minimum absolute atomic E-state index is 0.0818. The van der Waals surface area contributed by atoms with E-state index >= 15 is 0 Å². The van der Waals surface area contributed by atoms with Gasteiger partial charge in [0.25, 0.3) is 0 Å². The van der Waals surface area contributed by atoms with Gasteiger partial charge in [0.15, 0.2) is 0 Å². The largest absolute Gasteiger partial charge is 0.329 e. The minimum atomic E-state index is -0.514. The fraction of sp³-hybridized carbons (Fsp3) is 0.240. The van der Waals surface area contributed by atoms with E-state index in [1.165, 1.54) is 0 Å². The number of aromatic nitrogens is 4. The van der Waals surface area contributed by atoms with Crippen molar-refractivity contribution < 1.29 is 14.8 Å². The highest BCUT2D eigenvalue weighted by Gasteiger charge is 2.11. The molecule has 11 heteroatoms. The van der Waals surface area contributed by atoms with Crippen LogP contribution in [0.25, 0.3) is 10.9 Å². The molecular formula is C25H28N8O3. The second-order valence-corrected chi connectivity index (χ2v) is 8.35. The molecule has 0 aliphatic rings. The molecule has 186 valence electrons. The van der Waals surface area contributed by atoms with Gasteiger partial charge >= 0.3 is 0 Å². The van der Waals surface area contributed by atoms with Gasteiger partial charge in [0.2, 0.25) is 17.8 Å². The first-order valence-corrected chi connectivity index (χ1v) is 11.4. The van der Waals surface area contributed by atoms with E-state index in [9.17, 15) is 9.59 Å². The number of nitrogens with one attached hydrogen (secondary N) is 3. The van der Waals surface area contributed by atoms with E-state index in [4.69, 9.17) is 5.21 Å². The highest BCUT2D eigenvalue weighted by molar-refractivity contribution is 5.91. The Kier molecular flexibility index (Phi) is 7.40. The van der Waals surface area contributed by atoms with Gasteiger partial charge in [-0.15, -0.1) is 0 Å². The maximum absolute atomic E-state index is 12.0. The maximum atomic E-state index is 12.0. The number of rotatable bonds is 9. The quantitative estimate of drug-likeness (QED) is 0.206. The topological polar surface area (TPSA) is 137 Å². The molecule has 4 aromatic rings. The van der Waals surface area contributed by atoms with Gasteiger partial charge in [-0.05, 0) is 61.9 Å². The zero-order valence-corrected chi connectivity index (χ0v) is 20.3. The smallest absolute Gasteiger partial charge is 0.243 e. The van der Waals surface area contributed by atoms with Crippen molar-refractivity contribution in [3.8, 4) is 0 Å². The monoisotopic (exact) mass is 488 g/mol.